The first-order chi connectivity index (χ1) is 3.42. The Bertz CT molecular complexity index is 99.7. The van der Waals surface area contributed by atoms with Gasteiger partial charge in [0.2, 0.25) is 0 Å². The molecule has 0 aliphatic heterocycles. The average Bonchev–Trinajstić information content (AvgIpc) is 1.21. The van der Waals surface area contributed by atoms with E-state index in [1.807, 2.05) is 0 Å². The van der Waals surface area contributed by atoms with Gasteiger partial charge in [0, 0.05) is 58.3 Å². The largest absolute Gasteiger partial charge is 0.575 e. The first-order valence-corrected chi connectivity index (χ1v) is 1.68. The number of hydrogen-bond donors (Lipinski definition) is 0. The summed E-state index contributed by atoms with van der Waals surface area (Å²) in [5.74, 6) is -1.35. The Morgan fingerprint density at radius 2 is 1.78 bits per heavy atom. The predicted molar refractivity (Wildman–Crippen MR) is 23.6 cm³/mol. The molecular formula is C3H3F3KO2. The Hall–Kier alpha value is 0.896. The predicted octanol–water partition coefficient (Wildman–Crippen LogP) is 0.689. The Balaban J connectivity index is 0. The third kappa shape index (κ3) is 12.2. The van der Waals surface area contributed by atoms with Gasteiger partial charge in [-0.05, 0) is 0 Å². The van der Waals surface area contributed by atoms with Crippen LogP contribution in [0.25, 0.3) is 0 Å². The minimum atomic E-state index is -4.83. The first-order valence-electron chi connectivity index (χ1n) is 1.68. The van der Waals surface area contributed by atoms with Gasteiger partial charge < -0.3 is 4.74 Å². The van der Waals surface area contributed by atoms with E-state index in [0.717, 1.165) is 0 Å². The van der Waals surface area contributed by atoms with E-state index in [-0.39, 0.29) is 51.4 Å². The number of hydrogen-bond acceptors (Lipinski definition) is 2. The molecule has 0 aliphatic rings. The van der Waals surface area contributed by atoms with Gasteiger partial charge in [-0.25, -0.2) is 0 Å². The van der Waals surface area contributed by atoms with Gasteiger partial charge in [-0.2, -0.15) is 0 Å². The van der Waals surface area contributed by atoms with Crippen molar-refractivity contribution in [2.75, 3.05) is 0 Å². The van der Waals surface area contributed by atoms with Crippen molar-refractivity contribution in [3.05, 3.63) is 0 Å². The van der Waals surface area contributed by atoms with Crippen LogP contribution in [0.2, 0.25) is 0 Å². The van der Waals surface area contributed by atoms with E-state index in [2.05, 4.69) is 4.74 Å². The third-order valence-electron chi connectivity index (χ3n) is 0.259. The monoisotopic (exact) mass is 167 g/mol. The number of rotatable bonds is 0. The van der Waals surface area contributed by atoms with Crippen LogP contribution in [-0.4, -0.2) is 63.7 Å². The zero-order chi connectivity index (χ0) is 6.78. The summed E-state index contributed by atoms with van der Waals surface area (Å²) in [7, 11) is 0. The summed E-state index contributed by atoms with van der Waals surface area (Å²) in [6.45, 7) is 0.688. The second-order valence-corrected chi connectivity index (χ2v) is 1.04. The van der Waals surface area contributed by atoms with E-state index in [1.165, 1.54) is 0 Å². The maximum atomic E-state index is 10.9. The van der Waals surface area contributed by atoms with E-state index >= 15 is 0 Å². The van der Waals surface area contributed by atoms with E-state index in [9.17, 15) is 18.0 Å². The van der Waals surface area contributed by atoms with Gasteiger partial charge in [0.15, 0.2) is 0 Å². The molecule has 0 bridgehead atoms. The Morgan fingerprint density at radius 3 is 1.78 bits per heavy atom. The Kier molecular flexibility index (Phi) is 6.52. The van der Waals surface area contributed by atoms with E-state index < -0.39 is 12.3 Å². The van der Waals surface area contributed by atoms with Crippen LogP contribution in [0.1, 0.15) is 6.92 Å². The quantitative estimate of drug-likeness (QED) is 0.392. The molecular weight excluding hydrogens is 164 g/mol. The van der Waals surface area contributed by atoms with Crippen molar-refractivity contribution >= 4 is 57.4 Å². The number of esters is 1. The zero-order valence-electron chi connectivity index (χ0n) is 4.95. The summed E-state index contributed by atoms with van der Waals surface area (Å²) in [6.07, 6.45) is -4.83. The maximum absolute atomic E-state index is 10.9. The molecule has 0 aromatic rings. The van der Waals surface area contributed by atoms with Gasteiger partial charge in [-0.3, -0.25) is 4.79 Å². The van der Waals surface area contributed by atoms with Gasteiger partial charge in [0.05, 0.1) is 0 Å². The zero-order valence-corrected chi connectivity index (χ0v) is 8.07. The number of carbonyl (C=O) groups is 1. The molecule has 0 heterocycles. The Morgan fingerprint density at radius 1 is 1.44 bits per heavy atom. The van der Waals surface area contributed by atoms with Gasteiger partial charge >= 0.3 is 12.3 Å². The number of halogens is 3. The minimum Gasteiger partial charge on any atom is -0.373 e. The fraction of sp³-hybridized carbons (Fsp3) is 0.667. The molecule has 6 heteroatoms. The fourth-order valence-electron chi connectivity index (χ4n) is 0.163. The normalized spacial score (nSPS) is 9.78. The molecule has 0 amide bonds. The third-order valence-corrected chi connectivity index (χ3v) is 0.259. The van der Waals surface area contributed by atoms with Gasteiger partial charge in [-0.15, -0.1) is 13.2 Å². The Labute approximate surface area is 92.2 Å². The van der Waals surface area contributed by atoms with Crippen LogP contribution in [0.3, 0.4) is 0 Å². The van der Waals surface area contributed by atoms with Crippen LogP contribution in [-0.2, 0) is 9.53 Å². The van der Waals surface area contributed by atoms with Gasteiger partial charge in [-0.1, -0.05) is 0 Å². The van der Waals surface area contributed by atoms with Crippen LogP contribution in [0.4, 0.5) is 13.2 Å². The van der Waals surface area contributed by atoms with Crippen LogP contribution in [0, 0.1) is 0 Å². The summed E-state index contributed by atoms with van der Waals surface area (Å²) in [5.41, 5.74) is 0. The summed E-state index contributed by atoms with van der Waals surface area (Å²) in [4.78, 5) is 9.52. The molecule has 2 nitrogen and oxygen atoms in total. The average molecular weight is 167 g/mol. The molecule has 0 fully saturated rings. The molecule has 0 aromatic carbocycles. The van der Waals surface area contributed by atoms with E-state index in [4.69, 9.17) is 0 Å². The first kappa shape index (κ1) is 12.6. The van der Waals surface area contributed by atoms with Crippen LogP contribution < -0.4 is 0 Å². The fourth-order valence-corrected chi connectivity index (χ4v) is 0.163. The molecule has 0 atom stereocenters. The summed E-state index contributed by atoms with van der Waals surface area (Å²) >= 11 is 0. The van der Waals surface area contributed by atoms with Gasteiger partial charge in [0.25, 0.3) is 0 Å². The number of ether oxygens (including phenoxy) is 1. The van der Waals surface area contributed by atoms with Crippen molar-refractivity contribution in [3.63, 3.8) is 0 Å². The van der Waals surface area contributed by atoms with Crippen molar-refractivity contribution in [2.45, 2.75) is 13.3 Å². The molecule has 0 aliphatic carbocycles. The van der Waals surface area contributed by atoms with Crippen LogP contribution in [0.5, 0.6) is 0 Å². The molecule has 0 unspecified atom stereocenters. The maximum Gasteiger partial charge on any atom is 0.575 e. The van der Waals surface area contributed by atoms with Gasteiger partial charge in [0.1, 0.15) is 0 Å². The second kappa shape index (κ2) is 4.67. The smallest absolute Gasteiger partial charge is 0.373 e. The van der Waals surface area contributed by atoms with Crippen molar-refractivity contribution in [1.82, 2.24) is 0 Å². The summed E-state index contributed by atoms with van der Waals surface area (Å²) < 4.78 is 35.4. The van der Waals surface area contributed by atoms with Crippen molar-refractivity contribution in [1.29, 1.82) is 0 Å². The molecule has 9 heavy (non-hydrogen) atoms. The molecule has 0 saturated heterocycles. The molecule has 0 N–H and O–H groups in total. The molecule has 0 saturated carbocycles. The van der Waals surface area contributed by atoms with Crippen molar-refractivity contribution in [2.24, 2.45) is 0 Å². The van der Waals surface area contributed by atoms with E-state index in [0.29, 0.717) is 6.92 Å². The number of alkyl halides is 3. The summed E-state index contributed by atoms with van der Waals surface area (Å²) in [5, 5.41) is 0. The summed E-state index contributed by atoms with van der Waals surface area (Å²) in [6, 6.07) is 0. The standard InChI is InChI=1S/C3H3F3O2.K/c1-2(7)8-3(4,5)6;/h1H3;. The molecule has 1 radical (unpaired) electrons. The SMILES string of the molecule is CC(=O)OC(F)(F)F.[K]. The van der Waals surface area contributed by atoms with E-state index in [1.54, 1.807) is 0 Å². The molecule has 49 valence electrons. The van der Waals surface area contributed by atoms with Crippen LogP contribution >= 0.6 is 0 Å². The van der Waals surface area contributed by atoms with Crippen molar-refractivity contribution in [3.8, 4) is 0 Å². The second-order valence-electron chi connectivity index (χ2n) is 1.04. The molecule has 0 aromatic heterocycles. The van der Waals surface area contributed by atoms with Crippen LogP contribution in [0.15, 0.2) is 0 Å². The molecule has 0 rings (SSSR count). The van der Waals surface area contributed by atoms with Crippen molar-refractivity contribution < 1.29 is 22.7 Å². The molecule has 0 spiro atoms. The minimum absolute atomic E-state index is 0. The number of carbonyl (C=O) groups excluding carboxylic acids is 1. The topological polar surface area (TPSA) is 26.3 Å².